The van der Waals surface area contributed by atoms with E-state index in [0.717, 1.165) is 12.2 Å². The highest BCUT2D eigenvalue weighted by molar-refractivity contribution is 5.46. The molecule has 20 heavy (non-hydrogen) atoms. The van der Waals surface area contributed by atoms with Crippen molar-refractivity contribution >= 4 is 5.69 Å². The largest absolute Gasteiger partial charge is 0.469 e. The van der Waals surface area contributed by atoms with Crippen LogP contribution in [0.25, 0.3) is 0 Å². The van der Waals surface area contributed by atoms with Crippen LogP contribution in [-0.2, 0) is 6.42 Å². The SMILES string of the molecule is CC(Cc1ccco1)NC(C)c1ccc(N(C)C)cc1. The molecule has 2 aromatic rings. The topological polar surface area (TPSA) is 28.4 Å². The molecule has 1 aromatic heterocycles. The lowest BCUT2D eigenvalue weighted by atomic mass is 10.1. The van der Waals surface area contributed by atoms with E-state index in [2.05, 4.69) is 62.4 Å². The van der Waals surface area contributed by atoms with Gasteiger partial charge in [0.15, 0.2) is 0 Å². The van der Waals surface area contributed by atoms with Crippen molar-refractivity contribution in [3.8, 4) is 0 Å². The third kappa shape index (κ3) is 3.87. The Morgan fingerprint density at radius 1 is 1.10 bits per heavy atom. The predicted octanol–water partition coefficient (Wildman–Crippen LogP) is 3.63. The van der Waals surface area contributed by atoms with Gasteiger partial charge in [0.05, 0.1) is 6.26 Å². The lowest BCUT2D eigenvalue weighted by Gasteiger charge is -2.21. The van der Waals surface area contributed by atoms with E-state index < -0.39 is 0 Å². The minimum atomic E-state index is 0.330. The maximum Gasteiger partial charge on any atom is 0.105 e. The Bertz CT molecular complexity index is 502. The van der Waals surface area contributed by atoms with E-state index in [1.54, 1.807) is 6.26 Å². The fourth-order valence-corrected chi connectivity index (χ4v) is 2.37. The molecule has 1 N–H and O–H groups in total. The smallest absolute Gasteiger partial charge is 0.105 e. The van der Waals surface area contributed by atoms with Gasteiger partial charge in [0.2, 0.25) is 0 Å². The molecule has 2 unspecified atom stereocenters. The van der Waals surface area contributed by atoms with Gasteiger partial charge in [-0.1, -0.05) is 12.1 Å². The summed E-state index contributed by atoms with van der Waals surface area (Å²) in [6.07, 6.45) is 2.64. The van der Waals surface area contributed by atoms with Crippen molar-refractivity contribution in [3.05, 3.63) is 54.0 Å². The first kappa shape index (κ1) is 14.7. The predicted molar refractivity (Wildman–Crippen MR) is 84.2 cm³/mol. The van der Waals surface area contributed by atoms with Gasteiger partial charge in [-0.25, -0.2) is 0 Å². The van der Waals surface area contributed by atoms with E-state index in [4.69, 9.17) is 4.42 Å². The van der Waals surface area contributed by atoms with E-state index in [9.17, 15) is 0 Å². The van der Waals surface area contributed by atoms with Crippen molar-refractivity contribution in [3.63, 3.8) is 0 Å². The van der Waals surface area contributed by atoms with Crippen LogP contribution in [0.15, 0.2) is 47.1 Å². The van der Waals surface area contributed by atoms with E-state index in [1.165, 1.54) is 11.3 Å². The standard InChI is InChI=1S/C17H24N2O/c1-13(12-17-6-5-11-20-17)18-14(2)15-7-9-16(10-8-15)19(3)4/h5-11,13-14,18H,12H2,1-4H3. The fraction of sp³-hybridized carbons (Fsp3) is 0.412. The summed E-state index contributed by atoms with van der Waals surface area (Å²) in [6, 6.07) is 13.4. The van der Waals surface area contributed by atoms with Crippen molar-refractivity contribution in [1.29, 1.82) is 0 Å². The van der Waals surface area contributed by atoms with Gasteiger partial charge in [0.25, 0.3) is 0 Å². The van der Waals surface area contributed by atoms with Crippen LogP contribution >= 0.6 is 0 Å². The van der Waals surface area contributed by atoms with Gasteiger partial charge < -0.3 is 14.6 Å². The van der Waals surface area contributed by atoms with Crippen molar-refractivity contribution in [2.45, 2.75) is 32.4 Å². The Hall–Kier alpha value is -1.74. The summed E-state index contributed by atoms with van der Waals surface area (Å²) in [6.45, 7) is 4.39. The van der Waals surface area contributed by atoms with Crippen LogP contribution in [0.4, 0.5) is 5.69 Å². The van der Waals surface area contributed by atoms with Gasteiger partial charge in [-0.15, -0.1) is 0 Å². The number of nitrogens with one attached hydrogen (secondary N) is 1. The van der Waals surface area contributed by atoms with Gasteiger partial charge in [0, 0.05) is 38.3 Å². The molecule has 1 heterocycles. The molecule has 1 aromatic carbocycles. The second-order valence-electron chi connectivity index (χ2n) is 5.56. The quantitative estimate of drug-likeness (QED) is 0.870. The zero-order chi connectivity index (χ0) is 14.5. The number of anilines is 1. The molecule has 0 radical (unpaired) electrons. The zero-order valence-electron chi connectivity index (χ0n) is 12.8. The van der Waals surface area contributed by atoms with Crippen molar-refractivity contribution < 1.29 is 4.42 Å². The molecule has 3 nitrogen and oxygen atoms in total. The highest BCUT2D eigenvalue weighted by Gasteiger charge is 2.11. The normalized spacial score (nSPS) is 14.0. The van der Waals surface area contributed by atoms with Crippen LogP contribution < -0.4 is 10.2 Å². The van der Waals surface area contributed by atoms with E-state index in [-0.39, 0.29) is 0 Å². The Morgan fingerprint density at radius 3 is 2.35 bits per heavy atom. The van der Waals surface area contributed by atoms with E-state index in [1.807, 2.05) is 12.1 Å². The molecule has 108 valence electrons. The Morgan fingerprint density at radius 2 is 1.80 bits per heavy atom. The van der Waals surface area contributed by atoms with E-state index in [0.29, 0.717) is 12.1 Å². The van der Waals surface area contributed by atoms with Crippen molar-refractivity contribution in [2.24, 2.45) is 0 Å². The number of benzene rings is 1. The number of hydrogen-bond acceptors (Lipinski definition) is 3. The summed E-state index contributed by atoms with van der Waals surface area (Å²) in [7, 11) is 4.12. The van der Waals surface area contributed by atoms with Gasteiger partial charge in [0.1, 0.15) is 5.76 Å². The van der Waals surface area contributed by atoms with Crippen LogP contribution in [0.1, 0.15) is 31.2 Å². The molecule has 0 saturated heterocycles. The average Bonchev–Trinajstić information content (AvgIpc) is 2.91. The molecular formula is C17H24N2O. The number of hydrogen-bond donors (Lipinski definition) is 1. The zero-order valence-corrected chi connectivity index (χ0v) is 12.8. The molecule has 3 heteroatoms. The van der Waals surface area contributed by atoms with Gasteiger partial charge in [-0.2, -0.15) is 0 Å². The van der Waals surface area contributed by atoms with Gasteiger partial charge in [-0.05, 0) is 43.7 Å². The van der Waals surface area contributed by atoms with Gasteiger partial charge >= 0.3 is 0 Å². The van der Waals surface area contributed by atoms with Crippen molar-refractivity contribution in [2.75, 3.05) is 19.0 Å². The summed E-state index contributed by atoms with van der Waals surface area (Å²) in [5.74, 6) is 1.03. The van der Waals surface area contributed by atoms with Crippen molar-refractivity contribution in [1.82, 2.24) is 5.32 Å². The first-order valence-corrected chi connectivity index (χ1v) is 7.12. The Balaban J connectivity index is 1.92. The Labute approximate surface area is 121 Å². The summed E-state index contributed by atoms with van der Waals surface area (Å²) in [4.78, 5) is 2.11. The maximum absolute atomic E-state index is 5.39. The third-order valence-corrected chi connectivity index (χ3v) is 3.53. The first-order valence-electron chi connectivity index (χ1n) is 7.12. The summed E-state index contributed by atoms with van der Waals surface area (Å²) >= 11 is 0. The molecule has 2 rings (SSSR count). The number of rotatable bonds is 6. The molecule has 2 atom stereocenters. The monoisotopic (exact) mass is 272 g/mol. The highest BCUT2D eigenvalue weighted by atomic mass is 16.3. The van der Waals surface area contributed by atoms with E-state index >= 15 is 0 Å². The fourth-order valence-electron chi connectivity index (χ4n) is 2.37. The average molecular weight is 272 g/mol. The molecule has 0 aliphatic carbocycles. The summed E-state index contributed by atoms with van der Waals surface area (Å²) in [5, 5.41) is 3.61. The minimum Gasteiger partial charge on any atom is -0.469 e. The molecule has 0 amide bonds. The van der Waals surface area contributed by atoms with Crippen LogP contribution in [0.3, 0.4) is 0 Å². The molecule has 0 saturated carbocycles. The maximum atomic E-state index is 5.39. The van der Waals surface area contributed by atoms with Crippen LogP contribution in [0.2, 0.25) is 0 Å². The minimum absolute atomic E-state index is 0.330. The van der Waals surface area contributed by atoms with Crippen LogP contribution in [0.5, 0.6) is 0 Å². The summed E-state index contributed by atoms with van der Waals surface area (Å²) in [5.41, 5.74) is 2.53. The second-order valence-corrected chi connectivity index (χ2v) is 5.56. The number of nitrogens with zero attached hydrogens (tertiary/aromatic N) is 1. The highest BCUT2D eigenvalue weighted by Crippen LogP contribution is 2.18. The van der Waals surface area contributed by atoms with Gasteiger partial charge in [-0.3, -0.25) is 0 Å². The third-order valence-electron chi connectivity index (χ3n) is 3.53. The van der Waals surface area contributed by atoms with Crippen LogP contribution in [-0.4, -0.2) is 20.1 Å². The molecule has 0 fully saturated rings. The molecular weight excluding hydrogens is 248 g/mol. The Kier molecular flexibility index (Phi) is 4.85. The molecule has 0 aliphatic rings. The second kappa shape index (κ2) is 6.62. The first-order chi connectivity index (χ1) is 9.56. The molecule has 0 spiro atoms. The lowest BCUT2D eigenvalue weighted by Crippen LogP contribution is -2.30. The molecule has 0 bridgehead atoms. The number of furan rings is 1. The lowest BCUT2D eigenvalue weighted by molar-refractivity contribution is 0.429. The molecule has 0 aliphatic heterocycles. The van der Waals surface area contributed by atoms with Crippen LogP contribution in [0, 0.1) is 0 Å². The summed E-state index contributed by atoms with van der Waals surface area (Å²) < 4.78 is 5.39.